The van der Waals surface area contributed by atoms with E-state index in [-0.39, 0.29) is 0 Å². The number of rotatable bonds is 4. The van der Waals surface area contributed by atoms with Gasteiger partial charge < -0.3 is 0 Å². The van der Waals surface area contributed by atoms with Crippen LogP contribution in [0.2, 0.25) is 0 Å². The summed E-state index contributed by atoms with van der Waals surface area (Å²) < 4.78 is 0.380. The van der Waals surface area contributed by atoms with E-state index in [1.807, 2.05) is 0 Å². The van der Waals surface area contributed by atoms with Gasteiger partial charge in [-0.25, -0.2) is 0 Å². The summed E-state index contributed by atoms with van der Waals surface area (Å²) in [4.78, 5) is 0. The molecule has 0 aromatic heterocycles. The molecule has 0 radical (unpaired) electrons. The van der Waals surface area contributed by atoms with Crippen molar-refractivity contribution in [3.8, 4) is 0 Å². The molecule has 0 atom stereocenters. The Morgan fingerprint density at radius 3 is 1.53 bits per heavy atom. The van der Waals surface area contributed by atoms with Crippen LogP contribution < -0.4 is 0 Å². The second-order valence-corrected chi connectivity index (χ2v) is 9.52. The highest BCUT2D eigenvalue weighted by molar-refractivity contribution is 8.01. The van der Waals surface area contributed by atoms with Crippen molar-refractivity contribution in [2.45, 2.75) is 78.7 Å². The summed E-state index contributed by atoms with van der Waals surface area (Å²) in [6.07, 6.45) is 1.27. The molecule has 0 fully saturated rings. The van der Waals surface area contributed by atoms with Gasteiger partial charge in [0.15, 0.2) is 0 Å². The maximum absolute atomic E-state index is 2.40. The van der Waals surface area contributed by atoms with Crippen LogP contribution in [-0.4, -0.2) is 10.00 Å². The third-order valence-corrected chi connectivity index (χ3v) is 4.71. The van der Waals surface area contributed by atoms with Gasteiger partial charge in [-0.3, -0.25) is 0 Å². The molecule has 0 aliphatic carbocycles. The zero-order valence-corrected chi connectivity index (χ0v) is 13.0. The van der Waals surface area contributed by atoms with Crippen LogP contribution in [0.4, 0.5) is 0 Å². The summed E-state index contributed by atoms with van der Waals surface area (Å²) in [6, 6.07) is 0. The van der Waals surface area contributed by atoms with E-state index >= 15 is 0 Å². The van der Waals surface area contributed by atoms with Crippen molar-refractivity contribution in [3.63, 3.8) is 0 Å². The van der Waals surface area contributed by atoms with E-state index in [1.54, 1.807) is 0 Å². The number of hydrogen-bond acceptors (Lipinski definition) is 1. The quantitative estimate of drug-likeness (QED) is 0.626. The van der Waals surface area contributed by atoms with Gasteiger partial charge in [0.2, 0.25) is 0 Å². The number of hydrogen-bond donors (Lipinski definition) is 0. The normalized spacial score (nSPS) is 14.8. The molecule has 0 saturated carbocycles. The zero-order valence-electron chi connectivity index (χ0n) is 12.2. The van der Waals surface area contributed by atoms with Crippen LogP contribution in [-0.2, 0) is 0 Å². The summed E-state index contributed by atoms with van der Waals surface area (Å²) >= 11 is 2.10. The number of thioether (sulfide) groups is 1. The molecular formula is C14H30S. The molecule has 0 aromatic rings. The van der Waals surface area contributed by atoms with Crippen LogP contribution in [0.5, 0.6) is 0 Å². The highest BCUT2D eigenvalue weighted by Gasteiger charge is 2.38. The second-order valence-electron chi connectivity index (χ2n) is 7.24. The molecule has 0 aromatic carbocycles. The molecular weight excluding hydrogens is 200 g/mol. The molecule has 0 unspecified atom stereocenters. The lowest BCUT2D eigenvalue weighted by Crippen LogP contribution is -2.36. The lowest BCUT2D eigenvalue weighted by atomic mass is 9.65. The molecule has 0 N–H and O–H groups in total. The van der Waals surface area contributed by atoms with E-state index in [0.29, 0.717) is 15.6 Å². The molecule has 0 nitrogen and oxygen atoms in total. The molecule has 15 heavy (non-hydrogen) atoms. The van der Waals surface area contributed by atoms with Crippen molar-refractivity contribution in [1.29, 1.82) is 0 Å². The van der Waals surface area contributed by atoms with Crippen molar-refractivity contribution in [2.75, 3.05) is 0 Å². The van der Waals surface area contributed by atoms with Gasteiger partial charge in [0, 0.05) is 4.75 Å². The highest BCUT2D eigenvalue weighted by atomic mass is 32.2. The van der Waals surface area contributed by atoms with Crippen molar-refractivity contribution in [3.05, 3.63) is 0 Å². The highest BCUT2D eigenvalue weighted by Crippen LogP contribution is 2.47. The van der Waals surface area contributed by atoms with Crippen LogP contribution in [0, 0.1) is 10.8 Å². The average molecular weight is 230 g/mol. The second kappa shape index (κ2) is 4.69. The minimum atomic E-state index is 0.377. The summed E-state index contributed by atoms with van der Waals surface area (Å²) in [6.45, 7) is 21.2. The van der Waals surface area contributed by atoms with Gasteiger partial charge in [-0.05, 0) is 22.5 Å². The third-order valence-electron chi connectivity index (χ3n) is 3.45. The third kappa shape index (κ3) is 5.29. The Bertz CT molecular complexity index is 194. The Morgan fingerprint density at radius 1 is 0.867 bits per heavy atom. The van der Waals surface area contributed by atoms with Crippen LogP contribution in [0.1, 0.15) is 68.7 Å². The smallest absolute Gasteiger partial charge is 0.0111 e. The van der Waals surface area contributed by atoms with Crippen molar-refractivity contribution in [1.82, 2.24) is 0 Å². The van der Waals surface area contributed by atoms with Crippen LogP contribution >= 0.6 is 11.8 Å². The standard InChI is InChI=1S/C14H30S/c1-11(2)15-14(8,9)10-13(6,7)12(3,4)5/h11H,10H2,1-9H3. The Balaban J connectivity index is 4.57. The SMILES string of the molecule is CC(C)SC(C)(C)CC(C)(C)C(C)(C)C. The van der Waals surface area contributed by atoms with E-state index in [0.717, 1.165) is 5.25 Å². The zero-order chi connectivity index (χ0) is 12.5. The first-order valence-corrected chi connectivity index (χ1v) is 6.93. The predicted molar refractivity (Wildman–Crippen MR) is 74.7 cm³/mol. The first kappa shape index (κ1) is 15.3. The van der Waals surface area contributed by atoms with Crippen molar-refractivity contribution < 1.29 is 0 Å². The summed E-state index contributed by atoms with van der Waals surface area (Å²) in [5, 5.41) is 0.718. The maximum Gasteiger partial charge on any atom is 0.0111 e. The molecule has 0 aliphatic heterocycles. The monoisotopic (exact) mass is 230 g/mol. The van der Waals surface area contributed by atoms with Gasteiger partial charge in [-0.1, -0.05) is 62.3 Å². The Kier molecular flexibility index (Phi) is 4.80. The molecule has 0 bridgehead atoms. The Morgan fingerprint density at radius 2 is 1.27 bits per heavy atom. The van der Waals surface area contributed by atoms with Gasteiger partial charge in [-0.15, -0.1) is 0 Å². The molecule has 0 amide bonds. The fraction of sp³-hybridized carbons (Fsp3) is 1.00. The van der Waals surface area contributed by atoms with Gasteiger partial charge in [0.25, 0.3) is 0 Å². The van der Waals surface area contributed by atoms with E-state index < -0.39 is 0 Å². The van der Waals surface area contributed by atoms with Gasteiger partial charge in [0.05, 0.1) is 0 Å². The van der Waals surface area contributed by atoms with Crippen LogP contribution in [0.15, 0.2) is 0 Å². The lowest BCUT2D eigenvalue weighted by molar-refractivity contribution is 0.109. The molecule has 0 rings (SSSR count). The van der Waals surface area contributed by atoms with Crippen LogP contribution in [0.3, 0.4) is 0 Å². The minimum absolute atomic E-state index is 0.377. The predicted octanol–water partition coefficient (Wildman–Crippen LogP) is 5.37. The largest absolute Gasteiger partial charge is 0.153 e. The maximum atomic E-state index is 2.40. The van der Waals surface area contributed by atoms with E-state index in [2.05, 4.69) is 74.1 Å². The topological polar surface area (TPSA) is 0 Å². The minimum Gasteiger partial charge on any atom is -0.153 e. The molecule has 0 aliphatic rings. The Labute approximate surface area is 102 Å². The van der Waals surface area contributed by atoms with Crippen LogP contribution in [0.25, 0.3) is 0 Å². The molecule has 92 valence electrons. The first-order valence-electron chi connectivity index (χ1n) is 6.05. The first-order chi connectivity index (χ1) is 6.37. The summed E-state index contributed by atoms with van der Waals surface area (Å²) in [5.41, 5.74) is 0.764. The summed E-state index contributed by atoms with van der Waals surface area (Å²) in [5.74, 6) is 0. The fourth-order valence-electron chi connectivity index (χ4n) is 2.01. The van der Waals surface area contributed by atoms with E-state index in [9.17, 15) is 0 Å². The lowest BCUT2D eigenvalue weighted by Gasteiger charge is -2.44. The van der Waals surface area contributed by atoms with E-state index in [4.69, 9.17) is 0 Å². The molecule has 0 heterocycles. The average Bonchev–Trinajstić information content (AvgIpc) is 1.75. The fourth-order valence-corrected chi connectivity index (χ4v) is 3.73. The van der Waals surface area contributed by atoms with Crippen molar-refractivity contribution >= 4 is 11.8 Å². The molecule has 1 heteroatoms. The van der Waals surface area contributed by atoms with E-state index in [1.165, 1.54) is 6.42 Å². The van der Waals surface area contributed by atoms with Gasteiger partial charge in [-0.2, -0.15) is 11.8 Å². The Hall–Kier alpha value is 0.350. The summed E-state index contributed by atoms with van der Waals surface area (Å²) in [7, 11) is 0. The molecule has 0 spiro atoms. The van der Waals surface area contributed by atoms with Crippen molar-refractivity contribution in [2.24, 2.45) is 10.8 Å². The van der Waals surface area contributed by atoms with Gasteiger partial charge in [0.1, 0.15) is 0 Å². The van der Waals surface area contributed by atoms with Gasteiger partial charge >= 0.3 is 0 Å². The molecule has 0 saturated heterocycles.